The molecular formula is C22H21F3N8. The Bertz CT molecular complexity index is 1290. The summed E-state index contributed by atoms with van der Waals surface area (Å²) in [7, 11) is 1.49. The Morgan fingerprint density at radius 2 is 2.00 bits per heavy atom. The van der Waals surface area contributed by atoms with Gasteiger partial charge in [-0.3, -0.25) is 4.98 Å². The average molecular weight is 454 g/mol. The SMILES string of the molecule is CN(N)c1c(N)nc(N(CC(F)F)c2ccnc(C#CC(C)(C)C#N)c2)c2c(F)cncc12. The largest absolute Gasteiger partial charge is 0.382 e. The van der Waals surface area contributed by atoms with E-state index in [-0.39, 0.29) is 39.5 Å². The maximum Gasteiger partial charge on any atom is 0.256 e. The van der Waals surface area contributed by atoms with Crippen molar-refractivity contribution in [1.29, 1.82) is 5.26 Å². The number of hydrogen-bond donors (Lipinski definition) is 2. The second-order valence-corrected chi connectivity index (χ2v) is 7.71. The Balaban J connectivity index is 2.25. The molecule has 3 rings (SSSR count). The van der Waals surface area contributed by atoms with Gasteiger partial charge < -0.3 is 15.6 Å². The van der Waals surface area contributed by atoms with Gasteiger partial charge in [-0.1, -0.05) is 5.92 Å². The molecule has 33 heavy (non-hydrogen) atoms. The summed E-state index contributed by atoms with van der Waals surface area (Å²) in [5, 5.41) is 10.4. The summed E-state index contributed by atoms with van der Waals surface area (Å²) in [6, 6.07) is 4.97. The molecular weight excluding hydrogens is 433 g/mol. The normalized spacial score (nSPS) is 11.1. The molecule has 0 saturated heterocycles. The van der Waals surface area contributed by atoms with Crippen LogP contribution in [-0.4, -0.2) is 35.0 Å². The van der Waals surface area contributed by atoms with Gasteiger partial charge in [0, 0.05) is 30.5 Å². The van der Waals surface area contributed by atoms with Crippen LogP contribution in [0.4, 0.5) is 36.2 Å². The third-order valence-corrected chi connectivity index (χ3v) is 4.61. The lowest BCUT2D eigenvalue weighted by molar-refractivity contribution is 0.158. The summed E-state index contributed by atoms with van der Waals surface area (Å²) in [6.45, 7) is 2.47. The number of nitriles is 1. The molecule has 0 fully saturated rings. The quantitative estimate of drug-likeness (QED) is 0.342. The third kappa shape index (κ3) is 5.05. The number of hydrogen-bond acceptors (Lipinski definition) is 8. The zero-order valence-electron chi connectivity index (χ0n) is 18.1. The van der Waals surface area contributed by atoms with Gasteiger partial charge in [-0.2, -0.15) is 5.26 Å². The highest BCUT2D eigenvalue weighted by atomic mass is 19.3. The summed E-state index contributed by atoms with van der Waals surface area (Å²) < 4.78 is 42.1. The molecule has 0 bridgehead atoms. The van der Waals surface area contributed by atoms with E-state index in [0.717, 1.165) is 16.1 Å². The van der Waals surface area contributed by atoms with Gasteiger partial charge in [-0.15, -0.1) is 0 Å². The molecule has 0 aliphatic rings. The van der Waals surface area contributed by atoms with Crippen LogP contribution in [0.3, 0.4) is 0 Å². The van der Waals surface area contributed by atoms with Crippen molar-refractivity contribution in [2.45, 2.75) is 20.3 Å². The summed E-state index contributed by atoms with van der Waals surface area (Å²) in [4.78, 5) is 13.3. The van der Waals surface area contributed by atoms with Gasteiger partial charge >= 0.3 is 0 Å². The van der Waals surface area contributed by atoms with E-state index in [1.54, 1.807) is 13.8 Å². The number of alkyl halides is 2. The van der Waals surface area contributed by atoms with E-state index < -0.39 is 24.2 Å². The van der Waals surface area contributed by atoms with E-state index in [0.29, 0.717) is 0 Å². The van der Waals surface area contributed by atoms with Crippen LogP contribution in [-0.2, 0) is 0 Å². The van der Waals surface area contributed by atoms with E-state index in [2.05, 4.69) is 32.9 Å². The molecule has 4 N–H and O–H groups in total. The predicted molar refractivity (Wildman–Crippen MR) is 120 cm³/mol. The lowest BCUT2D eigenvalue weighted by Crippen LogP contribution is -2.29. The summed E-state index contributed by atoms with van der Waals surface area (Å²) in [6.07, 6.45) is 0.887. The monoisotopic (exact) mass is 454 g/mol. The standard InChI is InChI=1S/C22H21F3N8/c1-22(2,12-26)6-4-13-8-14(5-7-30-13)33(11-17(24)25)21-18-15(9-29-10-16(18)23)19(32(3)28)20(27)31-21/h5,7-10,17H,11,28H2,1-3H3,(H2,27,31). The third-order valence-electron chi connectivity index (χ3n) is 4.61. The first kappa shape index (κ1) is 23.6. The number of pyridine rings is 3. The fraction of sp³-hybridized carbons (Fsp3) is 0.273. The number of halogens is 3. The minimum atomic E-state index is -2.79. The lowest BCUT2D eigenvalue weighted by Gasteiger charge is -2.27. The number of nitrogens with two attached hydrogens (primary N) is 2. The summed E-state index contributed by atoms with van der Waals surface area (Å²) in [5.74, 6) is 10.4. The fourth-order valence-corrected chi connectivity index (χ4v) is 3.12. The minimum Gasteiger partial charge on any atom is -0.382 e. The van der Waals surface area contributed by atoms with E-state index in [1.165, 1.54) is 31.6 Å². The number of aromatic nitrogens is 3. The second-order valence-electron chi connectivity index (χ2n) is 7.71. The van der Waals surface area contributed by atoms with Gasteiger partial charge in [0.2, 0.25) is 0 Å². The van der Waals surface area contributed by atoms with Crippen molar-refractivity contribution in [2.75, 3.05) is 29.2 Å². The molecule has 3 aromatic rings. The summed E-state index contributed by atoms with van der Waals surface area (Å²) in [5.41, 5.74) is 5.83. The maximum absolute atomic E-state index is 14.9. The molecule has 0 aliphatic heterocycles. The van der Waals surface area contributed by atoms with Crippen LogP contribution < -0.4 is 21.5 Å². The summed E-state index contributed by atoms with van der Waals surface area (Å²) >= 11 is 0. The van der Waals surface area contributed by atoms with Gasteiger partial charge in [0.1, 0.15) is 22.6 Å². The van der Waals surface area contributed by atoms with Gasteiger partial charge in [0.05, 0.1) is 24.2 Å². The van der Waals surface area contributed by atoms with Crippen molar-refractivity contribution < 1.29 is 13.2 Å². The average Bonchev–Trinajstić information content (AvgIpc) is 2.75. The highest BCUT2D eigenvalue weighted by Crippen LogP contribution is 2.39. The van der Waals surface area contributed by atoms with Crippen LogP contribution >= 0.6 is 0 Å². The molecule has 170 valence electrons. The smallest absolute Gasteiger partial charge is 0.256 e. The van der Waals surface area contributed by atoms with Crippen LogP contribution in [0.25, 0.3) is 10.8 Å². The zero-order chi connectivity index (χ0) is 24.3. The highest BCUT2D eigenvalue weighted by Gasteiger charge is 2.25. The molecule has 8 nitrogen and oxygen atoms in total. The Morgan fingerprint density at radius 1 is 1.27 bits per heavy atom. The Labute approximate surface area is 188 Å². The fourth-order valence-electron chi connectivity index (χ4n) is 3.12. The van der Waals surface area contributed by atoms with Crippen molar-refractivity contribution >= 4 is 33.8 Å². The van der Waals surface area contributed by atoms with Gasteiger partial charge in [-0.25, -0.2) is 29.0 Å². The van der Waals surface area contributed by atoms with Crippen molar-refractivity contribution in [2.24, 2.45) is 11.3 Å². The van der Waals surface area contributed by atoms with Crippen molar-refractivity contribution in [3.63, 3.8) is 0 Å². The molecule has 0 unspecified atom stereocenters. The number of fused-ring (bicyclic) bond motifs is 1. The highest BCUT2D eigenvalue weighted by molar-refractivity contribution is 6.05. The molecule has 0 spiro atoms. The second kappa shape index (κ2) is 9.18. The van der Waals surface area contributed by atoms with E-state index in [1.807, 2.05) is 0 Å². The van der Waals surface area contributed by atoms with Crippen LogP contribution in [0.5, 0.6) is 0 Å². The topological polar surface area (TPSA) is 121 Å². The van der Waals surface area contributed by atoms with E-state index in [4.69, 9.17) is 16.8 Å². The van der Waals surface area contributed by atoms with E-state index >= 15 is 0 Å². The van der Waals surface area contributed by atoms with Crippen molar-refractivity contribution in [3.05, 3.63) is 42.2 Å². The van der Waals surface area contributed by atoms with Crippen molar-refractivity contribution in [1.82, 2.24) is 15.0 Å². The van der Waals surface area contributed by atoms with E-state index in [9.17, 15) is 13.2 Å². The first-order valence-corrected chi connectivity index (χ1v) is 9.71. The molecule has 3 heterocycles. The van der Waals surface area contributed by atoms with Gasteiger partial charge in [0.15, 0.2) is 11.6 Å². The molecule has 0 aromatic carbocycles. The Kier molecular flexibility index (Phi) is 6.56. The number of nitrogens with zero attached hydrogens (tertiary/aromatic N) is 6. The predicted octanol–water partition coefficient (Wildman–Crippen LogP) is 3.36. The number of rotatable bonds is 5. The van der Waals surface area contributed by atoms with Crippen molar-refractivity contribution in [3.8, 4) is 17.9 Å². The van der Waals surface area contributed by atoms with Crippen LogP contribution in [0.1, 0.15) is 19.5 Å². The Morgan fingerprint density at radius 3 is 2.64 bits per heavy atom. The van der Waals surface area contributed by atoms with Gasteiger partial charge in [-0.05, 0) is 31.9 Å². The van der Waals surface area contributed by atoms with Gasteiger partial charge in [0.25, 0.3) is 6.43 Å². The van der Waals surface area contributed by atoms with Crippen LogP contribution in [0.2, 0.25) is 0 Å². The minimum absolute atomic E-state index is 0.0674. The number of anilines is 4. The van der Waals surface area contributed by atoms with Crippen LogP contribution in [0.15, 0.2) is 30.7 Å². The molecule has 0 atom stereocenters. The zero-order valence-corrected chi connectivity index (χ0v) is 18.1. The molecule has 0 saturated carbocycles. The maximum atomic E-state index is 14.9. The molecule has 0 aliphatic carbocycles. The molecule has 0 amide bonds. The molecule has 0 radical (unpaired) electrons. The Hall–Kier alpha value is -4.09. The molecule has 3 aromatic heterocycles. The number of hydrazine groups is 1. The van der Waals surface area contributed by atoms with Crippen LogP contribution in [0, 0.1) is 34.4 Å². The first-order chi connectivity index (χ1) is 15.5. The number of nitrogen functional groups attached to an aromatic ring is 1. The first-order valence-electron chi connectivity index (χ1n) is 9.71. The molecule has 11 heteroatoms. The lowest BCUT2D eigenvalue weighted by atomic mass is 9.97.